The largest absolute Gasteiger partial charge is 0.399 e. The molecule has 0 spiro atoms. The number of halogens is 2. The molecule has 0 aliphatic heterocycles. The molecule has 0 saturated heterocycles. The number of aryl methyl sites for hydroxylation is 1. The van der Waals surface area contributed by atoms with Gasteiger partial charge >= 0.3 is 0 Å². The molecule has 0 amide bonds. The lowest BCUT2D eigenvalue weighted by Gasteiger charge is -2.13. The van der Waals surface area contributed by atoms with Crippen molar-refractivity contribution >= 4 is 48.9 Å². The average Bonchev–Trinajstić information content (AvgIpc) is 2.43. The van der Waals surface area contributed by atoms with Crippen molar-refractivity contribution in [3.8, 4) is 0 Å². The van der Waals surface area contributed by atoms with Crippen molar-refractivity contribution in [3.63, 3.8) is 0 Å². The molecule has 0 saturated carbocycles. The van der Waals surface area contributed by atoms with Gasteiger partial charge in [-0.1, -0.05) is 34.5 Å². The minimum absolute atomic E-state index is 0.0332. The van der Waals surface area contributed by atoms with Crippen LogP contribution in [0.2, 0.25) is 5.02 Å². The van der Waals surface area contributed by atoms with Crippen LogP contribution in [0.4, 0.5) is 11.4 Å². The standard InChI is InChI=1S/C14H14BrClN2O2S/c1-2-9-7-10(15)3-6-13(9)18-21(19,20)14-8-11(17)4-5-12(14)16/h3-8,18H,2,17H2,1H3. The maximum Gasteiger partial charge on any atom is 0.263 e. The first-order chi connectivity index (χ1) is 9.83. The Morgan fingerprint density at radius 3 is 2.62 bits per heavy atom. The van der Waals surface area contributed by atoms with Crippen LogP contribution in [0.25, 0.3) is 0 Å². The fourth-order valence-corrected chi connectivity index (χ4v) is 3.93. The van der Waals surface area contributed by atoms with Crippen molar-refractivity contribution in [2.45, 2.75) is 18.2 Å². The molecule has 0 atom stereocenters. The maximum absolute atomic E-state index is 12.5. The molecular weight excluding hydrogens is 376 g/mol. The topological polar surface area (TPSA) is 72.2 Å². The van der Waals surface area contributed by atoms with Crippen molar-refractivity contribution in [3.05, 3.63) is 51.5 Å². The van der Waals surface area contributed by atoms with Crippen LogP contribution >= 0.6 is 27.5 Å². The molecule has 4 nitrogen and oxygen atoms in total. The van der Waals surface area contributed by atoms with Gasteiger partial charge in [0.05, 0.1) is 10.7 Å². The van der Waals surface area contributed by atoms with Crippen LogP contribution in [-0.4, -0.2) is 8.42 Å². The van der Waals surface area contributed by atoms with E-state index in [0.29, 0.717) is 17.8 Å². The van der Waals surface area contributed by atoms with E-state index in [1.54, 1.807) is 18.2 Å². The highest BCUT2D eigenvalue weighted by Gasteiger charge is 2.19. The normalized spacial score (nSPS) is 11.4. The van der Waals surface area contributed by atoms with Crippen molar-refractivity contribution < 1.29 is 8.42 Å². The van der Waals surface area contributed by atoms with E-state index in [2.05, 4.69) is 20.7 Å². The van der Waals surface area contributed by atoms with E-state index in [1.807, 2.05) is 13.0 Å². The summed E-state index contributed by atoms with van der Waals surface area (Å²) in [6.45, 7) is 1.95. The van der Waals surface area contributed by atoms with Crippen molar-refractivity contribution in [2.24, 2.45) is 0 Å². The Balaban J connectivity index is 2.45. The molecule has 0 fully saturated rings. The lowest BCUT2D eigenvalue weighted by Crippen LogP contribution is -2.15. The molecule has 0 aromatic heterocycles. The van der Waals surface area contributed by atoms with Gasteiger partial charge in [0.25, 0.3) is 10.0 Å². The summed E-state index contributed by atoms with van der Waals surface area (Å²) < 4.78 is 28.4. The minimum atomic E-state index is -3.79. The highest BCUT2D eigenvalue weighted by molar-refractivity contribution is 9.10. The molecule has 0 heterocycles. The lowest BCUT2D eigenvalue weighted by atomic mass is 10.1. The summed E-state index contributed by atoms with van der Waals surface area (Å²) in [6, 6.07) is 9.72. The summed E-state index contributed by atoms with van der Waals surface area (Å²) in [6.07, 6.45) is 0.696. The molecule has 112 valence electrons. The summed E-state index contributed by atoms with van der Waals surface area (Å²) in [5, 5.41) is 0.131. The zero-order valence-corrected chi connectivity index (χ0v) is 14.4. The molecule has 0 bridgehead atoms. The van der Waals surface area contributed by atoms with Crippen LogP contribution in [0, 0.1) is 0 Å². The molecule has 2 aromatic carbocycles. The second-order valence-electron chi connectivity index (χ2n) is 4.45. The zero-order chi connectivity index (χ0) is 15.6. The van der Waals surface area contributed by atoms with Crippen molar-refractivity contribution in [1.29, 1.82) is 0 Å². The number of hydrogen-bond acceptors (Lipinski definition) is 3. The Labute approximate surface area is 137 Å². The van der Waals surface area contributed by atoms with Gasteiger partial charge in [-0.05, 0) is 48.4 Å². The maximum atomic E-state index is 12.5. The highest BCUT2D eigenvalue weighted by Crippen LogP contribution is 2.28. The molecule has 3 N–H and O–H groups in total. The molecule has 0 aliphatic rings. The Hall–Kier alpha value is -1.24. The summed E-state index contributed by atoms with van der Waals surface area (Å²) in [5.41, 5.74) is 7.39. The van der Waals surface area contributed by atoms with Gasteiger partial charge in [0.15, 0.2) is 0 Å². The number of sulfonamides is 1. The first kappa shape index (κ1) is 16.1. The fraction of sp³-hybridized carbons (Fsp3) is 0.143. The van der Waals surface area contributed by atoms with E-state index in [4.69, 9.17) is 17.3 Å². The van der Waals surface area contributed by atoms with Crippen LogP contribution in [0.5, 0.6) is 0 Å². The lowest BCUT2D eigenvalue weighted by molar-refractivity contribution is 0.601. The second kappa shape index (κ2) is 6.25. The van der Waals surface area contributed by atoms with Gasteiger partial charge in [0.1, 0.15) is 4.90 Å². The smallest absolute Gasteiger partial charge is 0.263 e. The van der Waals surface area contributed by atoms with Gasteiger partial charge in [-0.25, -0.2) is 8.42 Å². The van der Waals surface area contributed by atoms with Gasteiger partial charge in [-0.2, -0.15) is 0 Å². The SMILES string of the molecule is CCc1cc(Br)ccc1NS(=O)(=O)c1cc(N)ccc1Cl. The summed E-state index contributed by atoms with van der Waals surface area (Å²) in [5.74, 6) is 0. The molecule has 2 aromatic rings. The van der Waals surface area contributed by atoms with E-state index in [9.17, 15) is 8.42 Å². The molecule has 2 rings (SSSR count). The monoisotopic (exact) mass is 388 g/mol. The van der Waals surface area contributed by atoms with Crippen LogP contribution in [0.1, 0.15) is 12.5 Å². The first-order valence-corrected chi connectivity index (χ1v) is 8.85. The zero-order valence-electron chi connectivity index (χ0n) is 11.2. The molecular formula is C14H14BrClN2O2S. The number of anilines is 2. The van der Waals surface area contributed by atoms with Gasteiger partial charge in [-0.3, -0.25) is 4.72 Å². The van der Waals surface area contributed by atoms with Gasteiger partial charge in [0.2, 0.25) is 0 Å². The Morgan fingerprint density at radius 1 is 1.24 bits per heavy atom. The third-order valence-electron chi connectivity index (χ3n) is 2.94. The number of nitrogens with one attached hydrogen (secondary N) is 1. The third kappa shape index (κ3) is 3.70. The quantitative estimate of drug-likeness (QED) is 0.775. The highest BCUT2D eigenvalue weighted by atomic mass is 79.9. The molecule has 0 aliphatic carbocycles. The average molecular weight is 390 g/mol. The van der Waals surface area contributed by atoms with Crippen LogP contribution in [0.15, 0.2) is 45.8 Å². The molecule has 21 heavy (non-hydrogen) atoms. The minimum Gasteiger partial charge on any atom is -0.399 e. The van der Waals surface area contributed by atoms with E-state index >= 15 is 0 Å². The van der Waals surface area contributed by atoms with Crippen molar-refractivity contribution in [2.75, 3.05) is 10.5 Å². The van der Waals surface area contributed by atoms with E-state index < -0.39 is 10.0 Å². The van der Waals surface area contributed by atoms with E-state index in [1.165, 1.54) is 12.1 Å². The summed E-state index contributed by atoms with van der Waals surface area (Å²) in [7, 11) is -3.79. The predicted octanol–water partition coefficient (Wildman–Crippen LogP) is 4.05. The second-order valence-corrected chi connectivity index (χ2v) is 7.42. The number of benzene rings is 2. The Morgan fingerprint density at radius 2 is 1.95 bits per heavy atom. The van der Waals surface area contributed by atoms with Gasteiger partial charge in [-0.15, -0.1) is 0 Å². The third-order valence-corrected chi connectivity index (χ3v) is 5.28. The summed E-state index contributed by atoms with van der Waals surface area (Å²) >= 11 is 9.33. The molecule has 0 radical (unpaired) electrons. The van der Waals surface area contributed by atoms with E-state index in [-0.39, 0.29) is 9.92 Å². The summed E-state index contributed by atoms with van der Waals surface area (Å²) in [4.78, 5) is -0.0332. The molecule has 0 unspecified atom stereocenters. The Kier molecular flexibility index (Phi) is 4.81. The number of nitrogen functional groups attached to an aromatic ring is 1. The first-order valence-electron chi connectivity index (χ1n) is 6.19. The van der Waals surface area contributed by atoms with Crippen molar-refractivity contribution in [1.82, 2.24) is 0 Å². The van der Waals surface area contributed by atoms with Crippen LogP contribution in [0.3, 0.4) is 0 Å². The molecule has 7 heteroatoms. The Bertz CT molecular complexity index is 779. The fourth-order valence-electron chi connectivity index (χ4n) is 1.88. The van der Waals surface area contributed by atoms with Crippen LogP contribution in [-0.2, 0) is 16.4 Å². The predicted molar refractivity (Wildman–Crippen MR) is 90.2 cm³/mol. The van der Waals surface area contributed by atoms with Crippen LogP contribution < -0.4 is 10.5 Å². The number of hydrogen-bond donors (Lipinski definition) is 2. The van der Waals surface area contributed by atoms with Gasteiger partial charge < -0.3 is 5.73 Å². The van der Waals surface area contributed by atoms with E-state index in [0.717, 1.165) is 10.0 Å². The number of nitrogens with two attached hydrogens (primary N) is 1. The number of rotatable bonds is 4. The van der Waals surface area contributed by atoms with Gasteiger partial charge in [0, 0.05) is 10.2 Å².